The lowest BCUT2D eigenvalue weighted by atomic mass is 9.82. The maximum Gasteiger partial charge on any atom is 0.251 e. The van der Waals surface area contributed by atoms with Crippen molar-refractivity contribution in [1.29, 1.82) is 10.5 Å². The van der Waals surface area contributed by atoms with E-state index in [1.54, 1.807) is 28.9 Å². The van der Waals surface area contributed by atoms with E-state index in [0.717, 1.165) is 44.2 Å². The van der Waals surface area contributed by atoms with Gasteiger partial charge in [0.15, 0.2) is 5.54 Å². The van der Waals surface area contributed by atoms with E-state index in [2.05, 4.69) is 27.8 Å². The first-order chi connectivity index (χ1) is 13.6. The molecule has 4 rings (SSSR count). The number of nitrogens with one attached hydrogen (secondary N) is 1. The molecule has 0 bridgehead atoms. The largest absolute Gasteiger partial charge is 0.343 e. The van der Waals surface area contributed by atoms with Crippen LogP contribution < -0.4 is 5.32 Å². The van der Waals surface area contributed by atoms with Gasteiger partial charge in [-0.1, -0.05) is 24.5 Å². The fourth-order valence-corrected chi connectivity index (χ4v) is 3.96. The summed E-state index contributed by atoms with van der Waals surface area (Å²) in [6.07, 6.45) is 8.99. The van der Waals surface area contributed by atoms with Gasteiger partial charge < -0.3 is 5.32 Å². The van der Waals surface area contributed by atoms with Gasteiger partial charge in [0.2, 0.25) is 0 Å². The predicted octanol–water partition coefficient (Wildman–Crippen LogP) is 3.21. The smallest absolute Gasteiger partial charge is 0.251 e. The van der Waals surface area contributed by atoms with Crippen LogP contribution in [0, 0.1) is 28.6 Å². The SMILES string of the molecule is N#Cc1ccc(C(=O)NC(c2cn(C3(C#N)CC3)nn2)C2CCCCC2)cc1. The number of nitrogens with zero attached hydrogens (tertiary/aromatic N) is 5. The molecule has 2 saturated carbocycles. The van der Waals surface area contributed by atoms with Gasteiger partial charge in [-0.15, -0.1) is 5.10 Å². The number of aromatic nitrogens is 3. The number of rotatable bonds is 5. The number of hydrogen-bond acceptors (Lipinski definition) is 5. The van der Waals surface area contributed by atoms with Crippen LogP contribution in [0.3, 0.4) is 0 Å². The van der Waals surface area contributed by atoms with E-state index < -0.39 is 5.54 Å². The van der Waals surface area contributed by atoms with Gasteiger partial charge in [-0.05, 0) is 55.9 Å². The highest BCUT2D eigenvalue weighted by atomic mass is 16.1. The Bertz CT molecular complexity index is 939. The van der Waals surface area contributed by atoms with Crippen molar-refractivity contribution < 1.29 is 4.79 Å². The number of nitriles is 2. The maximum atomic E-state index is 12.8. The Kier molecular flexibility index (Phi) is 4.83. The number of amides is 1. The fraction of sp³-hybridized carbons (Fsp3) is 0.476. The lowest BCUT2D eigenvalue weighted by molar-refractivity contribution is 0.0911. The summed E-state index contributed by atoms with van der Waals surface area (Å²) in [4.78, 5) is 12.8. The Labute approximate surface area is 164 Å². The van der Waals surface area contributed by atoms with Crippen LogP contribution in [-0.2, 0) is 5.54 Å². The third kappa shape index (κ3) is 3.48. The Balaban J connectivity index is 1.58. The molecule has 0 radical (unpaired) electrons. The highest BCUT2D eigenvalue weighted by Gasteiger charge is 2.47. The zero-order chi connectivity index (χ0) is 19.6. The monoisotopic (exact) mass is 374 g/mol. The molecule has 142 valence electrons. The van der Waals surface area contributed by atoms with Gasteiger partial charge in [-0.3, -0.25) is 4.79 Å². The Hall–Kier alpha value is -3.19. The average molecular weight is 374 g/mol. The van der Waals surface area contributed by atoms with Crippen LogP contribution in [0.15, 0.2) is 30.5 Å². The summed E-state index contributed by atoms with van der Waals surface area (Å²) >= 11 is 0. The Morgan fingerprint density at radius 3 is 2.50 bits per heavy atom. The van der Waals surface area contributed by atoms with Crippen molar-refractivity contribution >= 4 is 5.91 Å². The number of benzene rings is 1. The summed E-state index contributed by atoms with van der Waals surface area (Å²) in [5.74, 6) is 0.120. The summed E-state index contributed by atoms with van der Waals surface area (Å²) in [5, 5.41) is 30.0. The molecule has 1 amide bonds. The highest BCUT2D eigenvalue weighted by Crippen LogP contribution is 2.42. The van der Waals surface area contributed by atoms with Crippen molar-refractivity contribution in [3.8, 4) is 12.1 Å². The van der Waals surface area contributed by atoms with E-state index in [1.807, 2.05) is 6.20 Å². The summed E-state index contributed by atoms with van der Waals surface area (Å²) < 4.78 is 1.66. The first kappa shape index (κ1) is 18.2. The normalized spacial score (nSPS) is 19.2. The van der Waals surface area contributed by atoms with Crippen molar-refractivity contribution in [2.24, 2.45) is 5.92 Å². The molecule has 1 aromatic carbocycles. The quantitative estimate of drug-likeness (QED) is 0.864. The second-order valence-electron chi connectivity index (χ2n) is 7.77. The van der Waals surface area contributed by atoms with E-state index in [4.69, 9.17) is 5.26 Å². The molecule has 7 heteroatoms. The second-order valence-corrected chi connectivity index (χ2v) is 7.77. The van der Waals surface area contributed by atoms with Crippen LogP contribution in [0.5, 0.6) is 0 Å². The molecule has 28 heavy (non-hydrogen) atoms. The van der Waals surface area contributed by atoms with Gasteiger partial charge in [0.1, 0.15) is 5.69 Å². The Morgan fingerprint density at radius 1 is 1.18 bits per heavy atom. The molecule has 2 aromatic rings. The van der Waals surface area contributed by atoms with Gasteiger partial charge in [0.05, 0.1) is 29.9 Å². The third-order valence-corrected chi connectivity index (χ3v) is 5.88. The topological polar surface area (TPSA) is 107 Å². The molecule has 7 nitrogen and oxygen atoms in total. The molecule has 0 spiro atoms. The molecule has 1 atom stereocenters. The van der Waals surface area contributed by atoms with E-state index in [0.29, 0.717) is 17.0 Å². The van der Waals surface area contributed by atoms with Crippen LogP contribution >= 0.6 is 0 Å². The van der Waals surface area contributed by atoms with Crippen LogP contribution in [0.2, 0.25) is 0 Å². The van der Waals surface area contributed by atoms with Crippen molar-refractivity contribution in [2.75, 3.05) is 0 Å². The van der Waals surface area contributed by atoms with Crippen molar-refractivity contribution in [3.05, 3.63) is 47.3 Å². The van der Waals surface area contributed by atoms with Crippen LogP contribution in [0.4, 0.5) is 0 Å². The van der Waals surface area contributed by atoms with Gasteiger partial charge >= 0.3 is 0 Å². The minimum atomic E-state index is -0.556. The van der Waals surface area contributed by atoms with Crippen molar-refractivity contribution in [1.82, 2.24) is 20.3 Å². The number of hydrogen-bond donors (Lipinski definition) is 1. The summed E-state index contributed by atoms with van der Waals surface area (Å²) in [7, 11) is 0. The Morgan fingerprint density at radius 2 is 1.89 bits per heavy atom. The lowest BCUT2D eigenvalue weighted by Crippen LogP contribution is -2.34. The van der Waals surface area contributed by atoms with Crippen LogP contribution in [0.1, 0.15) is 72.6 Å². The first-order valence-corrected chi connectivity index (χ1v) is 9.80. The highest BCUT2D eigenvalue weighted by molar-refractivity contribution is 5.94. The summed E-state index contributed by atoms with van der Waals surface area (Å²) in [6.45, 7) is 0. The fourth-order valence-electron chi connectivity index (χ4n) is 3.96. The zero-order valence-electron chi connectivity index (χ0n) is 15.6. The summed E-state index contributed by atoms with van der Waals surface area (Å²) in [6, 6.07) is 10.8. The molecule has 2 aliphatic carbocycles. The third-order valence-electron chi connectivity index (χ3n) is 5.88. The lowest BCUT2D eigenvalue weighted by Gasteiger charge is -2.29. The number of carbonyl (C=O) groups excluding carboxylic acids is 1. The minimum Gasteiger partial charge on any atom is -0.343 e. The van der Waals surface area contributed by atoms with Gasteiger partial charge in [0, 0.05) is 5.56 Å². The molecule has 0 aliphatic heterocycles. The standard InChI is InChI=1S/C21H22N6O/c22-12-15-6-8-17(9-7-15)20(28)24-19(16-4-2-1-3-5-16)18-13-27(26-25-18)21(14-23)10-11-21/h6-9,13,16,19H,1-5,10-11H2,(H,24,28). The molecule has 1 unspecified atom stereocenters. The second kappa shape index (κ2) is 7.44. The summed E-state index contributed by atoms with van der Waals surface area (Å²) in [5.41, 5.74) is 1.20. The zero-order valence-corrected chi connectivity index (χ0v) is 15.6. The van der Waals surface area contributed by atoms with E-state index in [-0.39, 0.29) is 11.9 Å². The predicted molar refractivity (Wildman–Crippen MR) is 101 cm³/mol. The van der Waals surface area contributed by atoms with Gasteiger partial charge in [0.25, 0.3) is 5.91 Å². The maximum absolute atomic E-state index is 12.8. The molecule has 2 fully saturated rings. The average Bonchev–Trinajstić information content (AvgIpc) is 3.41. The van der Waals surface area contributed by atoms with Crippen LogP contribution in [0.25, 0.3) is 0 Å². The molecule has 0 saturated heterocycles. The van der Waals surface area contributed by atoms with Crippen molar-refractivity contribution in [2.45, 2.75) is 56.5 Å². The van der Waals surface area contributed by atoms with E-state index >= 15 is 0 Å². The molecule has 1 N–H and O–H groups in total. The molecular weight excluding hydrogens is 352 g/mol. The van der Waals surface area contributed by atoms with Gasteiger partial charge in [-0.25, -0.2) is 4.68 Å². The van der Waals surface area contributed by atoms with E-state index in [9.17, 15) is 10.1 Å². The minimum absolute atomic E-state index is 0.184. The first-order valence-electron chi connectivity index (χ1n) is 9.80. The number of carbonyl (C=O) groups is 1. The van der Waals surface area contributed by atoms with Crippen molar-refractivity contribution in [3.63, 3.8) is 0 Å². The van der Waals surface area contributed by atoms with Crippen LogP contribution in [-0.4, -0.2) is 20.9 Å². The molecule has 1 heterocycles. The molecule has 1 aromatic heterocycles. The molecule has 2 aliphatic rings. The van der Waals surface area contributed by atoms with Gasteiger partial charge in [-0.2, -0.15) is 10.5 Å². The van der Waals surface area contributed by atoms with E-state index in [1.165, 1.54) is 6.42 Å². The molecular formula is C21H22N6O.